The molecule has 0 unspecified atom stereocenters. The summed E-state index contributed by atoms with van der Waals surface area (Å²) in [6.45, 7) is 3.56. The number of rotatable bonds is 7. The number of nitro benzene ring substituents is 1. The molecule has 10 nitrogen and oxygen atoms in total. The summed E-state index contributed by atoms with van der Waals surface area (Å²) in [7, 11) is 3.03. The molecule has 0 N–H and O–H groups in total. The van der Waals surface area contributed by atoms with Gasteiger partial charge < -0.3 is 14.2 Å². The first-order valence-corrected chi connectivity index (χ1v) is 11.8. The summed E-state index contributed by atoms with van der Waals surface area (Å²) in [5.74, 6) is 0.409. The number of aromatic nitrogens is 1. The minimum atomic E-state index is -0.847. The number of hydrogen-bond acceptors (Lipinski definition) is 9. The van der Waals surface area contributed by atoms with Crippen molar-refractivity contribution in [2.45, 2.75) is 19.9 Å². The predicted octanol–water partition coefficient (Wildman–Crippen LogP) is 2.72. The zero-order valence-corrected chi connectivity index (χ0v) is 20.8. The smallest absolute Gasteiger partial charge is 0.338 e. The number of esters is 1. The largest absolute Gasteiger partial charge is 0.497 e. The van der Waals surface area contributed by atoms with Crippen molar-refractivity contribution in [1.82, 2.24) is 4.57 Å². The van der Waals surface area contributed by atoms with Crippen LogP contribution in [0.5, 0.6) is 11.5 Å². The molecule has 2 aromatic carbocycles. The molecular formula is C25H23N3O7S. The molecule has 36 heavy (non-hydrogen) atoms. The van der Waals surface area contributed by atoms with Crippen LogP contribution in [0.1, 0.15) is 31.0 Å². The molecule has 0 bridgehead atoms. The molecule has 1 aliphatic rings. The Kier molecular flexibility index (Phi) is 7.02. The van der Waals surface area contributed by atoms with Gasteiger partial charge in [-0.1, -0.05) is 11.3 Å². The van der Waals surface area contributed by atoms with E-state index < -0.39 is 16.9 Å². The second-order valence-electron chi connectivity index (χ2n) is 7.76. The standard InChI is InChI=1S/C25H23N3O7S/c1-5-35-24(30)21-14(2)26-25-27(22(21)18-11-10-17(33-3)13-19(18)34-4)23(29)20(36-25)12-15-6-8-16(9-7-15)28(31)32/h6-13,22H,5H2,1-4H3/b20-12+/t22-/m0/s1. The highest BCUT2D eigenvalue weighted by atomic mass is 32.1. The second-order valence-corrected chi connectivity index (χ2v) is 8.77. The first-order valence-electron chi connectivity index (χ1n) is 10.9. The third-order valence-corrected chi connectivity index (χ3v) is 6.64. The number of allylic oxidation sites excluding steroid dienone is 1. The molecule has 0 spiro atoms. The van der Waals surface area contributed by atoms with Gasteiger partial charge in [0.05, 0.1) is 41.6 Å². The van der Waals surface area contributed by atoms with Gasteiger partial charge in [0.2, 0.25) is 0 Å². The van der Waals surface area contributed by atoms with Crippen molar-refractivity contribution in [3.8, 4) is 11.5 Å². The number of benzene rings is 2. The van der Waals surface area contributed by atoms with Crippen LogP contribution < -0.4 is 24.4 Å². The van der Waals surface area contributed by atoms with E-state index in [1.165, 1.54) is 30.9 Å². The highest BCUT2D eigenvalue weighted by Gasteiger charge is 2.35. The van der Waals surface area contributed by atoms with Gasteiger partial charge in [0.15, 0.2) is 4.80 Å². The number of ether oxygens (including phenoxy) is 3. The van der Waals surface area contributed by atoms with Crippen LogP contribution in [0.15, 0.2) is 63.5 Å². The lowest BCUT2D eigenvalue weighted by molar-refractivity contribution is -0.384. The van der Waals surface area contributed by atoms with Crippen molar-refractivity contribution in [2.75, 3.05) is 20.8 Å². The quantitative estimate of drug-likeness (QED) is 0.273. The van der Waals surface area contributed by atoms with Crippen molar-refractivity contribution >= 4 is 29.1 Å². The fourth-order valence-corrected chi connectivity index (χ4v) is 5.02. The third-order valence-electron chi connectivity index (χ3n) is 5.65. The molecular weight excluding hydrogens is 486 g/mol. The van der Waals surface area contributed by atoms with E-state index in [9.17, 15) is 19.7 Å². The number of nitrogens with zero attached hydrogens (tertiary/aromatic N) is 3. The molecule has 0 fully saturated rings. The van der Waals surface area contributed by atoms with E-state index in [1.807, 2.05) is 0 Å². The number of methoxy groups -OCH3 is 2. The first-order chi connectivity index (χ1) is 17.3. The number of nitro groups is 1. The average molecular weight is 510 g/mol. The van der Waals surface area contributed by atoms with E-state index in [1.54, 1.807) is 50.3 Å². The SMILES string of the molecule is CCOC(=O)C1=C(C)N=c2s/c(=C/c3ccc([N+](=O)[O-])cc3)c(=O)n2[C@H]1c1ccc(OC)cc1OC. The Morgan fingerprint density at radius 2 is 1.92 bits per heavy atom. The summed E-state index contributed by atoms with van der Waals surface area (Å²) < 4.78 is 18.0. The highest BCUT2D eigenvalue weighted by molar-refractivity contribution is 7.07. The highest BCUT2D eigenvalue weighted by Crippen LogP contribution is 2.37. The van der Waals surface area contributed by atoms with Crippen LogP contribution in [0.3, 0.4) is 0 Å². The van der Waals surface area contributed by atoms with E-state index in [2.05, 4.69) is 4.99 Å². The van der Waals surface area contributed by atoms with Crippen molar-refractivity contribution in [3.05, 3.63) is 94.7 Å². The van der Waals surface area contributed by atoms with Gasteiger partial charge in [-0.25, -0.2) is 9.79 Å². The lowest BCUT2D eigenvalue weighted by Gasteiger charge is -2.26. The van der Waals surface area contributed by atoms with Crippen LogP contribution in [0.25, 0.3) is 6.08 Å². The Labute approximate surface area is 209 Å². The van der Waals surface area contributed by atoms with Gasteiger partial charge in [0.25, 0.3) is 11.2 Å². The molecule has 0 saturated heterocycles. The molecule has 0 aliphatic carbocycles. The van der Waals surface area contributed by atoms with E-state index in [-0.39, 0.29) is 23.4 Å². The second kappa shape index (κ2) is 10.2. The predicted molar refractivity (Wildman–Crippen MR) is 133 cm³/mol. The van der Waals surface area contributed by atoms with Crippen molar-refractivity contribution in [3.63, 3.8) is 0 Å². The van der Waals surface area contributed by atoms with Crippen LogP contribution in [0.4, 0.5) is 5.69 Å². The molecule has 11 heteroatoms. The van der Waals surface area contributed by atoms with Gasteiger partial charge in [-0.15, -0.1) is 0 Å². The Morgan fingerprint density at radius 1 is 1.19 bits per heavy atom. The number of non-ortho nitro benzene ring substituents is 1. The number of fused-ring (bicyclic) bond motifs is 1. The van der Waals surface area contributed by atoms with Crippen LogP contribution in [0.2, 0.25) is 0 Å². The molecule has 1 atom stereocenters. The number of carbonyl (C=O) groups is 1. The monoisotopic (exact) mass is 509 g/mol. The summed E-state index contributed by atoms with van der Waals surface area (Å²) in [5, 5.41) is 11.0. The summed E-state index contributed by atoms with van der Waals surface area (Å²) in [6.07, 6.45) is 1.64. The zero-order valence-electron chi connectivity index (χ0n) is 20.0. The van der Waals surface area contributed by atoms with Crippen molar-refractivity contribution in [1.29, 1.82) is 0 Å². The lowest BCUT2D eigenvalue weighted by atomic mass is 9.95. The van der Waals surface area contributed by atoms with Crippen LogP contribution in [-0.4, -0.2) is 36.3 Å². The summed E-state index contributed by atoms with van der Waals surface area (Å²) in [5.41, 5.74) is 1.43. The van der Waals surface area contributed by atoms with E-state index in [4.69, 9.17) is 14.2 Å². The maximum Gasteiger partial charge on any atom is 0.338 e. The first kappa shape index (κ1) is 24.9. The summed E-state index contributed by atoms with van der Waals surface area (Å²) in [4.78, 5) is 42.1. The number of thiazole rings is 1. The average Bonchev–Trinajstić information content (AvgIpc) is 3.17. The van der Waals surface area contributed by atoms with Crippen LogP contribution in [-0.2, 0) is 9.53 Å². The molecule has 186 valence electrons. The molecule has 0 radical (unpaired) electrons. The fraction of sp³-hybridized carbons (Fsp3) is 0.240. The number of hydrogen-bond donors (Lipinski definition) is 0. The van der Waals surface area contributed by atoms with Gasteiger partial charge in [-0.05, 0) is 49.8 Å². The van der Waals surface area contributed by atoms with E-state index >= 15 is 0 Å². The normalized spacial score (nSPS) is 15.2. The molecule has 1 aliphatic heterocycles. The number of carbonyl (C=O) groups excluding carboxylic acids is 1. The Hall–Kier alpha value is -4.25. The fourth-order valence-electron chi connectivity index (χ4n) is 3.97. The molecule has 1 aromatic heterocycles. The van der Waals surface area contributed by atoms with Gasteiger partial charge in [0.1, 0.15) is 17.5 Å². The van der Waals surface area contributed by atoms with Crippen molar-refractivity contribution in [2.24, 2.45) is 4.99 Å². The Balaban J connectivity index is 1.95. The molecule has 0 saturated carbocycles. The van der Waals surface area contributed by atoms with Gasteiger partial charge >= 0.3 is 5.97 Å². The van der Waals surface area contributed by atoms with Gasteiger partial charge in [0, 0.05) is 23.8 Å². The summed E-state index contributed by atoms with van der Waals surface area (Å²) >= 11 is 1.16. The van der Waals surface area contributed by atoms with Crippen molar-refractivity contribution < 1.29 is 23.9 Å². The molecule has 3 aromatic rings. The minimum absolute atomic E-state index is 0.0464. The molecule has 0 amide bonds. The molecule has 4 rings (SSSR count). The van der Waals surface area contributed by atoms with Gasteiger partial charge in [-0.3, -0.25) is 19.5 Å². The van der Waals surface area contributed by atoms with E-state index in [0.717, 1.165) is 11.3 Å². The summed E-state index contributed by atoms with van der Waals surface area (Å²) in [6, 6.07) is 10.2. The van der Waals surface area contributed by atoms with Crippen LogP contribution in [0, 0.1) is 10.1 Å². The Bertz CT molecular complexity index is 1550. The van der Waals surface area contributed by atoms with Gasteiger partial charge in [-0.2, -0.15) is 0 Å². The van der Waals surface area contributed by atoms with E-state index in [0.29, 0.717) is 37.7 Å². The minimum Gasteiger partial charge on any atom is -0.497 e. The maximum atomic E-state index is 13.7. The lowest BCUT2D eigenvalue weighted by Crippen LogP contribution is -2.40. The molecule has 2 heterocycles. The topological polar surface area (TPSA) is 122 Å². The third kappa shape index (κ3) is 4.52. The van der Waals surface area contributed by atoms with Crippen LogP contribution >= 0.6 is 11.3 Å². The maximum absolute atomic E-state index is 13.7. The Morgan fingerprint density at radius 3 is 2.53 bits per heavy atom. The zero-order chi connectivity index (χ0) is 26.0.